The van der Waals surface area contributed by atoms with Crippen molar-refractivity contribution in [3.05, 3.63) is 59.9 Å². The number of likely N-dealkylation sites (tertiary alicyclic amines) is 1. The highest BCUT2D eigenvalue weighted by Crippen LogP contribution is 2.28. The Hall–Kier alpha value is -2.87. The number of aromatic amines is 1. The summed E-state index contributed by atoms with van der Waals surface area (Å²) in [5, 5.41) is 0. The number of hydrogen-bond acceptors (Lipinski definition) is 4. The number of benzene rings is 2. The number of anilines is 1. The van der Waals surface area contributed by atoms with Crippen LogP contribution in [0.25, 0.3) is 11.0 Å². The van der Waals surface area contributed by atoms with Crippen molar-refractivity contribution >= 4 is 32.7 Å². The Morgan fingerprint density at radius 3 is 2.71 bits per heavy atom. The lowest BCUT2D eigenvalue weighted by Gasteiger charge is -2.32. The molecule has 28 heavy (non-hydrogen) atoms. The largest absolute Gasteiger partial charge is 0.342 e. The molecule has 0 spiro atoms. The first kappa shape index (κ1) is 18.5. The van der Waals surface area contributed by atoms with Crippen LogP contribution in [0.15, 0.2) is 48.5 Å². The third-order valence-corrected chi connectivity index (χ3v) is 5.55. The van der Waals surface area contributed by atoms with E-state index in [9.17, 15) is 13.2 Å². The summed E-state index contributed by atoms with van der Waals surface area (Å²) in [7, 11) is -3.47. The van der Waals surface area contributed by atoms with E-state index in [1.807, 2.05) is 24.3 Å². The van der Waals surface area contributed by atoms with Gasteiger partial charge in [0.25, 0.3) is 5.91 Å². The van der Waals surface area contributed by atoms with Gasteiger partial charge in [-0.05, 0) is 37.1 Å². The molecule has 1 aromatic heterocycles. The van der Waals surface area contributed by atoms with Crippen LogP contribution in [0.1, 0.15) is 34.9 Å². The summed E-state index contributed by atoms with van der Waals surface area (Å²) in [4.78, 5) is 22.9. The molecule has 1 aliphatic heterocycles. The second kappa shape index (κ2) is 7.27. The van der Waals surface area contributed by atoms with Crippen molar-refractivity contribution in [2.75, 3.05) is 24.1 Å². The van der Waals surface area contributed by atoms with Gasteiger partial charge in [0, 0.05) is 19.0 Å². The molecule has 1 saturated heterocycles. The number of hydrogen-bond donors (Lipinski definition) is 2. The van der Waals surface area contributed by atoms with Crippen molar-refractivity contribution in [2.24, 2.45) is 0 Å². The molecule has 146 valence electrons. The molecule has 1 amide bonds. The number of sulfonamides is 1. The molecule has 7 nitrogen and oxygen atoms in total. The summed E-state index contributed by atoms with van der Waals surface area (Å²) in [6.07, 6.45) is 2.90. The molecule has 2 N–H and O–H groups in total. The molecule has 1 aliphatic rings. The fourth-order valence-electron chi connectivity index (χ4n) is 3.68. The van der Waals surface area contributed by atoms with Gasteiger partial charge in [0.05, 0.1) is 28.5 Å². The average Bonchev–Trinajstić information content (AvgIpc) is 3.11. The third-order valence-electron chi connectivity index (χ3n) is 4.96. The van der Waals surface area contributed by atoms with Gasteiger partial charge in [0.2, 0.25) is 10.0 Å². The van der Waals surface area contributed by atoms with Crippen LogP contribution in [0.4, 0.5) is 5.69 Å². The Kier molecular flexibility index (Phi) is 4.80. The maximum atomic E-state index is 13.1. The number of carbonyl (C=O) groups excluding carboxylic acids is 1. The second-order valence-corrected chi connectivity index (χ2v) is 8.90. The predicted molar refractivity (Wildman–Crippen MR) is 109 cm³/mol. The zero-order valence-electron chi connectivity index (χ0n) is 15.6. The molecule has 2 heterocycles. The lowest BCUT2D eigenvalue weighted by atomic mass is 9.96. The fraction of sp³-hybridized carbons (Fsp3) is 0.300. The molecule has 0 radical (unpaired) electrons. The van der Waals surface area contributed by atoms with Gasteiger partial charge in [0.15, 0.2) is 0 Å². The van der Waals surface area contributed by atoms with Crippen LogP contribution >= 0.6 is 0 Å². The van der Waals surface area contributed by atoms with Crippen molar-refractivity contribution in [2.45, 2.75) is 18.8 Å². The highest BCUT2D eigenvalue weighted by atomic mass is 32.2. The molecule has 0 saturated carbocycles. The lowest BCUT2D eigenvalue weighted by molar-refractivity contribution is 0.0706. The van der Waals surface area contributed by atoms with Gasteiger partial charge in [0.1, 0.15) is 5.82 Å². The number of carbonyl (C=O) groups is 1. The monoisotopic (exact) mass is 398 g/mol. The Bertz CT molecular complexity index is 1090. The Morgan fingerprint density at radius 1 is 1.18 bits per heavy atom. The number of nitrogens with one attached hydrogen (secondary N) is 2. The SMILES string of the molecule is CS(=O)(=O)Nc1ccccc1C(=O)N1CCC[C@@H](c2nc3ccccc3[nH]2)C1. The predicted octanol–water partition coefficient (Wildman–Crippen LogP) is 2.95. The highest BCUT2D eigenvalue weighted by molar-refractivity contribution is 7.92. The number of nitrogens with zero attached hydrogens (tertiary/aromatic N) is 2. The zero-order valence-corrected chi connectivity index (χ0v) is 16.4. The average molecular weight is 398 g/mol. The number of piperidine rings is 1. The summed E-state index contributed by atoms with van der Waals surface area (Å²) in [6.45, 7) is 1.19. The topological polar surface area (TPSA) is 95.2 Å². The quantitative estimate of drug-likeness (QED) is 0.706. The van der Waals surface area contributed by atoms with E-state index < -0.39 is 10.0 Å². The zero-order chi connectivity index (χ0) is 19.7. The van der Waals surface area contributed by atoms with Crippen molar-refractivity contribution in [1.82, 2.24) is 14.9 Å². The van der Waals surface area contributed by atoms with Crippen LogP contribution in [-0.2, 0) is 10.0 Å². The summed E-state index contributed by atoms with van der Waals surface area (Å²) in [5.74, 6) is 0.842. The smallest absolute Gasteiger partial charge is 0.256 e. The summed E-state index contributed by atoms with van der Waals surface area (Å²) in [5.41, 5.74) is 2.58. The van der Waals surface area contributed by atoms with Crippen LogP contribution in [0, 0.1) is 0 Å². The Balaban J connectivity index is 1.57. The van der Waals surface area contributed by atoms with Gasteiger partial charge in [-0.25, -0.2) is 13.4 Å². The van der Waals surface area contributed by atoms with E-state index in [4.69, 9.17) is 0 Å². The number of H-pyrrole nitrogens is 1. The summed E-state index contributed by atoms with van der Waals surface area (Å²) >= 11 is 0. The van der Waals surface area contributed by atoms with E-state index in [2.05, 4.69) is 14.7 Å². The Labute approximate surface area is 163 Å². The van der Waals surface area contributed by atoms with Crippen molar-refractivity contribution in [3.63, 3.8) is 0 Å². The number of aromatic nitrogens is 2. The van der Waals surface area contributed by atoms with Gasteiger partial charge in [-0.3, -0.25) is 9.52 Å². The van der Waals surface area contributed by atoms with Crippen molar-refractivity contribution in [3.8, 4) is 0 Å². The molecule has 1 atom stereocenters. The number of rotatable bonds is 4. The second-order valence-electron chi connectivity index (χ2n) is 7.15. The molecule has 3 aromatic rings. The lowest BCUT2D eigenvalue weighted by Crippen LogP contribution is -2.39. The normalized spacial score (nSPS) is 17.6. The minimum Gasteiger partial charge on any atom is -0.342 e. The van der Waals surface area contributed by atoms with E-state index in [-0.39, 0.29) is 11.8 Å². The van der Waals surface area contributed by atoms with E-state index in [0.29, 0.717) is 24.3 Å². The summed E-state index contributed by atoms with van der Waals surface area (Å²) in [6, 6.07) is 14.6. The number of para-hydroxylation sites is 3. The first-order valence-corrected chi connectivity index (χ1v) is 11.1. The standard InChI is InChI=1S/C20H22N4O3S/c1-28(26,27)23-16-9-3-2-8-15(16)20(25)24-12-6-7-14(13-24)19-21-17-10-4-5-11-18(17)22-19/h2-5,8-11,14,23H,6-7,12-13H2,1H3,(H,21,22)/t14-/m1/s1. The van der Waals surface area contributed by atoms with Crippen LogP contribution in [0.3, 0.4) is 0 Å². The molecule has 0 bridgehead atoms. The van der Waals surface area contributed by atoms with Crippen LogP contribution in [0.5, 0.6) is 0 Å². The van der Waals surface area contributed by atoms with E-state index >= 15 is 0 Å². The maximum Gasteiger partial charge on any atom is 0.256 e. The molecule has 4 rings (SSSR count). The van der Waals surface area contributed by atoms with Crippen LogP contribution in [-0.4, -0.2) is 48.5 Å². The van der Waals surface area contributed by atoms with Crippen LogP contribution < -0.4 is 4.72 Å². The van der Waals surface area contributed by atoms with E-state index in [0.717, 1.165) is 36.0 Å². The minimum atomic E-state index is -3.47. The Morgan fingerprint density at radius 2 is 1.93 bits per heavy atom. The van der Waals surface area contributed by atoms with Crippen LogP contribution in [0.2, 0.25) is 0 Å². The van der Waals surface area contributed by atoms with Gasteiger partial charge >= 0.3 is 0 Å². The first-order valence-electron chi connectivity index (χ1n) is 9.21. The van der Waals surface area contributed by atoms with Gasteiger partial charge in [-0.15, -0.1) is 0 Å². The van der Waals surface area contributed by atoms with E-state index in [1.165, 1.54) is 0 Å². The molecule has 0 unspecified atom stereocenters. The molecular formula is C20H22N4O3S. The molecule has 1 fully saturated rings. The van der Waals surface area contributed by atoms with E-state index in [1.54, 1.807) is 29.2 Å². The van der Waals surface area contributed by atoms with Gasteiger partial charge < -0.3 is 9.88 Å². The number of imidazole rings is 1. The van der Waals surface area contributed by atoms with Gasteiger partial charge in [-0.2, -0.15) is 0 Å². The van der Waals surface area contributed by atoms with Crippen molar-refractivity contribution < 1.29 is 13.2 Å². The highest BCUT2D eigenvalue weighted by Gasteiger charge is 2.28. The fourth-order valence-corrected chi connectivity index (χ4v) is 4.26. The van der Waals surface area contributed by atoms with Gasteiger partial charge in [-0.1, -0.05) is 24.3 Å². The van der Waals surface area contributed by atoms with Crippen molar-refractivity contribution in [1.29, 1.82) is 0 Å². The molecular weight excluding hydrogens is 376 g/mol. The minimum absolute atomic E-state index is 0.125. The first-order chi connectivity index (χ1) is 13.4. The number of fused-ring (bicyclic) bond motifs is 1. The maximum absolute atomic E-state index is 13.1. The number of amides is 1. The molecule has 8 heteroatoms. The molecule has 2 aromatic carbocycles. The summed E-state index contributed by atoms with van der Waals surface area (Å²) < 4.78 is 25.7. The molecule has 0 aliphatic carbocycles. The third kappa shape index (κ3) is 3.87.